The summed E-state index contributed by atoms with van der Waals surface area (Å²) in [7, 11) is 0. The number of rotatable bonds is 7. The Kier molecular flexibility index (Phi) is 6.43. The number of allylic oxidation sites excluding steroid dienone is 3. The topological polar surface area (TPSA) is 107 Å². The minimum absolute atomic E-state index is 0.0396. The molecule has 164 valence electrons. The number of carbonyl (C=O) groups excluding carboxylic acids is 2. The number of carbonyl (C=O) groups is 2. The molecule has 4 rings (SSSR count). The average molecular weight is 449 g/mol. The predicted octanol–water partition coefficient (Wildman–Crippen LogP) is 4.11. The van der Waals surface area contributed by atoms with Gasteiger partial charge in [0.2, 0.25) is 5.82 Å². The third-order valence-electron chi connectivity index (χ3n) is 5.19. The maximum absolute atomic E-state index is 13.1. The maximum Gasteiger partial charge on any atom is 0.310 e. The number of esters is 1. The zero-order valence-corrected chi connectivity index (χ0v) is 18.7. The van der Waals surface area contributed by atoms with Crippen LogP contribution in [0.5, 0.6) is 0 Å². The van der Waals surface area contributed by atoms with Gasteiger partial charge in [0.1, 0.15) is 4.83 Å². The fourth-order valence-corrected chi connectivity index (χ4v) is 4.31. The molecule has 1 atom stereocenters. The van der Waals surface area contributed by atoms with E-state index in [1.54, 1.807) is 25.1 Å². The van der Waals surface area contributed by atoms with Crippen molar-refractivity contribution >= 4 is 44.7 Å². The second-order valence-electron chi connectivity index (χ2n) is 7.50. The molecule has 0 unspecified atom stereocenters. The van der Waals surface area contributed by atoms with Crippen LogP contribution in [-0.4, -0.2) is 34.5 Å². The first kappa shape index (κ1) is 21.9. The van der Waals surface area contributed by atoms with Crippen molar-refractivity contribution in [1.82, 2.24) is 9.97 Å². The highest BCUT2D eigenvalue weighted by atomic mass is 32.1. The van der Waals surface area contributed by atoms with Crippen LogP contribution in [-0.2, 0) is 16.0 Å². The first-order chi connectivity index (χ1) is 15.5. The Bertz CT molecular complexity index is 1240. The molecule has 7 nitrogen and oxygen atoms in total. The molecule has 0 aliphatic heterocycles. The van der Waals surface area contributed by atoms with Gasteiger partial charge in [-0.1, -0.05) is 30.4 Å². The summed E-state index contributed by atoms with van der Waals surface area (Å²) in [6.45, 7) is 4.02. The van der Waals surface area contributed by atoms with Gasteiger partial charge in [-0.05, 0) is 54.5 Å². The van der Waals surface area contributed by atoms with Crippen molar-refractivity contribution in [2.75, 3.05) is 11.9 Å². The zero-order valence-electron chi connectivity index (χ0n) is 17.9. The number of hydrogen-bond donors (Lipinski definition) is 2. The molecule has 32 heavy (non-hydrogen) atoms. The number of para-hydroxylation sites is 1. The third kappa shape index (κ3) is 4.61. The van der Waals surface area contributed by atoms with Crippen molar-refractivity contribution in [3.8, 4) is 0 Å². The maximum atomic E-state index is 13.1. The Hall–Kier alpha value is -3.36. The summed E-state index contributed by atoms with van der Waals surface area (Å²) in [6, 6.07) is 9.06. The molecule has 1 amide bonds. The number of thiophene rings is 1. The zero-order chi connectivity index (χ0) is 22.7. The number of ether oxygens (including phenoxy) is 1. The fourth-order valence-electron chi connectivity index (χ4n) is 3.55. The lowest BCUT2D eigenvalue weighted by Gasteiger charge is -2.11. The number of nitrogens with one attached hydrogen (secondary N) is 1. The second kappa shape index (κ2) is 9.42. The molecule has 1 aliphatic carbocycles. The van der Waals surface area contributed by atoms with Gasteiger partial charge >= 0.3 is 5.97 Å². The second-order valence-corrected chi connectivity index (χ2v) is 8.39. The van der Waals surface area contributed by atoms with E-state index in [0.717, 1.165) is 33.5 Å². The van der Waals surface area contributed by atoms with Crippen molar-refractivity contribution in [2.24, 2.45) is 5.73 Å². The van der Waals surface area contributed by atoms with Crippen molar-refractivity contribution in [3.63, 3.8) is 0 Å². The van der Waals surface area contributed by atoms with E-state index in [9.17, 15) is 9.59 Å². The van der Waals surface area contributed by atoms with Gasteiger partial charge in [0, 0.05) is 17.1 Å². The highest BCUT2D eigenvalue weighted by Gasteiger charge is 2.20. The van der Waals surface area contributed by atoms with Crippen molar-refractivity contribution in [2.45, 2.75) is 32.7 Å². The minimum Gasteiger partial charge on any atom is -0.466 e. The van der Waals surface area contributed by atoms with Gasteiger partial charge in [0.05, 0.1) is 18.7 Å². The summed E-state index contributed by atoms with van der Waals surface area (Å²) in [5.74, 6) is -0.713. The predicted molar refractivity (Wildman–Crippen MR) is 126 cm³/mol. The highest BCUT2D eigenvalue weighted by molar-refractivity contribution is 7.16. The lowest BCUT2D eigenvalue weighted by molar-refractivity contribution is -0.142. The number of amides is 1. The first-order valence-corrected chi connectivity index (χ1v) is 11.3. The average Bonchev–Trinajstić information content (AvgIpc) is 3.44. The Morgan fingerprint density at radius 2 is 2.06 bits per heavy atom. The largest absolute Gasteiger partial charge is 0.466 e. The molecule has 0 saturated carbocycles. The highest BCUT2D eigenvalue weighted by Crippen LogP contribution is 2.32. The molecule has 1 aliphatic rings. The first-order valence-electron chi connectivity index (χ1n) is 10.4. The van der Waals surface area contributed by atoms with Gasteiger partial charge in [0.25, 0.3) is 5.91 Å². The van der Waals surface area contributed by atoms with Gasteiger partial charge in [-0.3, -0.25) is 9.59 Å². The molecule has 2 aromatic heterocycles. The summed E-state index contributed by atoms with van der Waals surface area (Å²) in [6.07, 6.45) is 4.96. The quantitative estimate of drug-likeness (QED) is 0.527. The lowest BCUT2D eigenvalue weighted by atomic mass is 10.1. The standard InChI is InChI=1S/C24H24N4O3S/c1-3-31-20(29)13-16-6-4-5-7-19(16)26-23(30)22-27-21(18-10-11-32-24(18)28-22)17-9-8-15(12-17)14(2)25/h4-7,9-12,14H,3,8,13,25H2,1-2H3,(H,26,30)/t14-/m0/s1. The Morgan fingerprint density at radius 1 is 1.25 bits per heavy atom. The van der Waals surface area contributed by atoms with Crippen LogP contribution >= 0.6 is 11.3 Å². The van der Waals surface area contributed by atoms with Gasteiger partial charge < -0.3 is 15.8 Å². The normalized spacial score (nSPS) is 14.1. The van der Waals surface area contributed by atoms with E-state index in [4.69, 9.17) is 10.5 Å². The molecular formula is C24H24N4O3S. The van der Waals surface area contributed by atoms with E-state index < -0.39 is 5.91 Å². The molecule has 3 N–H and O–H groups in total. The van der Waals surface area contributed by atoms with Crippen LogP contribution in [0.25, 0.3) is 15.8 Å². The third-order valence-corrected chi connectivity index (χ3v) is 6.00. The van der Waals surface area contributed by atoms with Gasteiger partial charge in [0.15, 0.2) is 0 Å². The van der Waals surface area contributed by atoms with E-state index >= 15 is 0 Å². The molecule has 3 aromatic rings. The van der Waals surface area contributed by atoms with Crippen LogP contribution in [0.3, 0.4) is 0 Å². The van der Waals surface area contributed by atoms with Crippen molar-refractivity contribution in [3.05, 3.63) is 70.5 Å². The van der Waals surface area contributed by atoms with Crippen molar-refractivity contribution < 1.29 is 14.3 Å². The molecule has 0 saturated heterocycles. The Morgan fingerprint density at radius 3 is 2.81 bits per heavy atom. The van der Waals surface area contributed by atoms with E-state index in [-0.39, 0.29) is 24.3 Å². The number of aromatic nitrogens is 2. The van der Waals surface area contributed by atoms with Gasteiger partial charge in [-0.15, -0.1) is 11.3 Å². The Labute approximate surface area is 190 Å². The van der Waals surface area contributed by atoms with E-state index in [2.05, 4.69) is 21.4 Å². The van der Waals surface area contributed by atoms with Gasteiger partial charge in [-0.25, -0.2) is 9.97 Å². The SMILES string of the molecule is CCOC(=O)Cc1ccccc1NC(=O)c1nc(C2=CCC([C@H](C)N)=C2)c2ccsc2n1. The molecule has 0 radical (unpaired) electrons. The summed E-state index contributed by atoms with van der Waals surface area (Å²) >= 11 is 1.46. The minimum atomic E-state index is -0.437. The number of nitrogens with zero attached hydrogens (tertiary/aromatic N) is 2. The molecule has 1 aromatic carbocycles. The van der Waals surface area contributed by atoms with E-state index in [1.165, 1.54) is 11.3 Å². The summed E-state index contributed by atoms with van der Waals surface area (Å²) < 4.78 is 5.03. The van der Waals surface area contributed by atoms with Crippen LogP contribution in [0, 0.1) is 0 Å². The van der Waals surface area contributed by atoms with Gasteiger partial charge in [-0.2, -0.15) is 0 Å². The van der Waals surface area contributed by atoms with Crippen LogP contribution in [0.1, 0.15) is 42.1 Å². The van der Waals surface area contributed by atoms with E-state index in [1.807, 2.05) is 30.5 Å². The van der Waals surface area contributed by atoms with Crippen LogP contribution in [0.4, 0.5) is 5.69 Å². The van der Waals surface area contributed by atoms with E-state index in [0.29, 0.717) is 17.9 Å². The summed E-state index contributed by atoms with van der Waals surface area (Å²) in [4.78, 5) is 34.8. The molecular weight excluding hydrogens is 424 g/mol. The number of benzene rings is 1. The van der Waals surface area contributed by atoms with Crippen LogP contribution < -0.4 is 11.1 Å². The monoisotopic (exact) mass is 448 g/mol. The lowest BCUT2D eigenvalue weighted by Crippen LogP contribution is -2.18. The number of nitrogens with two attached hydrogens (primary N) is 1. The molecule has 0 fully saturated rings. The molecule has 0 spiro atoms. The number of anilines is 1. The molecule has 0 bridgehead atoms. The molecule has 2 heterocycles. The molecule has 8 heteroatoms. The van der Waals surface area contributed by atoms with Crippen molar-refractivity contribution in [1.29, 1.82) is 0 Å². The number of hydrogen-bond acceptors (Lipinski definition) is 7. The fraction of sp³-hybridized carbons (Fsp3) is 0.250. The summed E-state index contributed by atoms with van der Waals surface area (Å²) in [5, 5.41) is 5.69. The van der Waals surface area contributed by atoms with Crippen LogP contribution in [0.15, 0.2) is 53.4 Å². The smallest absolute Gasteiger partial charge is 0.310 e. The summed E-state index contributed by atoms with van der Waals surface area (Å²) in [5.41, 5.74) is 10.0. The van der Waals surface area contributed by atoms with Crippen LogP contribution in [0.2, 0.25) is 0 Å². The Balaban J connectivity index is 1.64. The number of fused-ring (bicyclic) bond motifs is 1.